The molecule has 0 spiro atoms. The summed E-state index contributed by atoms with van der Waals surface area (Å²) in [7, 11) is -3.46. The fourth-order valence-electron chi connectivity index (χ4n) is 3.34. The van der Waals surface area contributed by atoms with E-state index in [4.69, 9.17) is 0 Å². The van der Waals surface area contributed by atoms with Crippen LogP contribution >= 0.6 is 0 Å². The summed E-state index contributed by atoms with van der Waals surface area (Å²) in [5.41, 5.74) is 2.01. The Labute approximate surface area is 176 Å². The van der Waals surface area contributed by atoms with E-state index in [-0.39, 0.29) is 0 Å². The first-order valence-corrected chi connectivity index (χ1v) is 11.3. The third kappa shape index (κ3) is 4.42. The maximum absolute atomic E-state index is 12.7. The topological polar surface area (TPSA) is 84.2 Å². The molecule has 0 saturated carbocycles. The van der Waals surface area contributed by atoms with E-state index in [1.807, 2.05) is 65.9 Å². The van der Waals surface area contributed by atoms with Crippen LogP contribution in [-0.2, 0) is 10.0 Å². The molecule has 0 radical (unpaired) electrons. The fourth-order valence-corrected chi connectivity index (χ4v) is 4.51. The number of aromatic nitrogens is 4. The Morgan fingerprint density at radius 2 is 1.57 bits per heavy atom. The maximum atomic E-state index is 12.7. The second kappa shape index (κ2) is 8.37. The fraction of sp³-hybridized carbons (Fsp3) is 0.286. The summed E-state index contributed by atoms with van der Waals surface area (Å²) in [6, 6.07) is 11.5. The second-order valence-electron chi connectivity index (χ2n) is 7.24. The van der Waals surface area contributed by atoms with E-state index < -0.39 is 10.0 Å². The van der Waals surface area contributed by atoms with Crippen LogP contribution in [0.1, 0.15) is 17.0 Å². The molecular weight excluding hydrogens is 400 g/mol. The van der Waals surface area contributed by atoms with Crippen LogP contribution in [0.25, 0.3) is 11.9 Å². The minimum Gasteiger partial charge on any atom is -0.352 e. The highest BCUT2D eigenvalue weighted by Gasteiger charge is 2.25. The van der Waals surface area contributed by atoms with Crippen molar-refractivity contribution in [2.24, 2.45) is 0 Å². The van der Waals surface area contributed by atoms with Gasteiger partial charge in [-0.2, -0.15) is 4.31 Å². The Balaban J connectivity index is 1.38. The largest absolute Gasteiger partial charge is 0.352 e. The molecule has 0 amide bonds. The average Bonchev–Trinajstić information content (AvgIpc) is 3.19. The van der Waals surface area contributed by atoms with Gasteiger partial charge in [0.25, 0.3) is 0 Å². The van der Waals surface area contributed by atoms with Gasteiger partial charge in [0.05, 0.1) is 0 Å². The molecular formula is C21H24N6O2S. The molecule has 1 aromatic carbocycles. The Morgan fingerprint density at radius 3 is 2.17 bits per heavy atom. The van der Waals surface area contributed by atoms with Gasteiger partial charge < -0.3 is 4.90 Å². The average molecular weight is 425 g/mol. The van der Waals surface area contributed by atoms with Gasteiger partial charge in [0.15, 0.2) is 11.6 Å². The van der Waals surface area contributed by atoms with Crippen LogP contribution in [0.5, 0.6) is 0 Å². The van der Waals surface area contributed by atoms with E-state index in [9.17, 15) is 8.42 Å². The van der Waals surface area contributed by atoms with E-state index in [0.717, 1.165) is 22.8 Å². The lowest BCUT2D eigenvalue weighted by Gasteiger charge is -2.33. The van der Waals surface area contributed by atoms with Gasteiger partial charge in [-0.25, -0.2) is 13.4 Å². The summed E-state index contributed by atoms with van der Waals surface area (Å²) in [5.74, 6) is 2.29. The van der Waals surface area contributed by atoms with E-state index in [0.29, 0.717) is 32.0 Å². The zero-order valence-electron chi connectivity index (χ0n) is 17.0. The van der Waals surface area contributed by atoms with Crippen molar-refractivity contribution in [1.29, 1.82) is 0 Å². The number of imidazole rings is 1. The molecule has 1 aliphatic heterocycles. The van der Waals surface area contributed by atoms with Gasteiger partial charge in [0.1, 0.15) is 5.82 Å². The molecule has 9 heteroatoms. The summed E-state index contributed by atoms with van der Waals surface area (Å²) in [6.45, 7) is 5.85. The Kier molecular flexibility index (Phi) is 5.65. The second-order valence-corrected chi connectivity index (χ2v) is 9.06. The predicted molar refractivity (Wildman–Crippen MR) is 117 cm³/mol. The zero-order valence-corrected chi connectivity index (χ0v) is 17.8. The highest BCUT2D eigenvalue weighted by molar-refractivity contribution is 7.92. The molecule has 4 rings (SSSR count). The normalized spacial score (nSPS) is 15.7. The molecule has 156 valence electrons. The Bertz CT molecular complexity index is 1130. The first kappa shape index (κ1) is 20.2. The van der Waals surface area contributed by atoms with Crippen molar-refractivity contribution in [2.75, 3.05) is 31.1 Å². The standard InChI is InChI=1S/C21H24N6O2S/c1-17-3-5-19(6-4-17)9-16-30(28,29)26-14-12-25(13-15-26)20-7-8-21(24-23-20)27-11-10-22-18(27)2/h3-11,16H,12-15H2,1-2H3/b16-9+. The number of anilines is 1. The quantitative estimate of drug-likeness (QED) is 0.625. The molecule has 0 bridgehead atoms. The molecule has 0 unspecified atom stereocenters. The highest BCUT2D eigenvalue weighted by atomic mass is 32.2. The van der Waals surface area contributed by atoms with Crippen LogP contribution in [0.2, 0.25) is 0 Å². The molecule has 1 saturated heterocycles. The molecule has 1 fully saturated rings. The summed E-state index contributed by atoms with van der Waals surface area (Å²) in [5, 5.41) is 9.88. The molecule has 2 aromatic heterocycles. The Hall–Kier alpha value is -3.04. The van der Waals surface area contributed by atoms with Crippen LogP contribution in [0.4, 0.5) is 5.82 Å². The van der Waals surface area contributed by atoms with Crippen LogP contribution in [0, 0.1) is 13.8 Å². The predicted octanol–water partition coefficient (Wildman–Crippen LogP) is 2.40. The van der Waals surface area contributed by atoms with Crippen LogP contribution in [-0.4, -0.2) is 58.7 Å². The van der Waals surface area contributed by atoms with Gasteiger partial charge in [-0.1, -0.05) is 29.8 Å². The summed E-state index contributed by atoms with van der Waals surface area (Å²) in [4.78, 5) is 6.24. The molecule has 0 atom stereocenters. The van der Waals surface area contributed by atoms with E-state index >= 15 is 0 Å². The SMILES string of the molecule is Cc1ccc(/C=C/S(=O)(=O)N2CCN(c3ccc(-n4ccnc4C)nn3)CC2)cc1. The van der Waals surface area contributed by atoms with Crippen molar-refractivity contribution in [3.63, 3.8) is 0 Å². The van der Waals surface area contributed by atoms with Gasteiger partial charge in [0.2, 0.25) is 10.0 Å². The number of rotatable bonds is 5. The maximum Gasteiger partial charge on any atom is 0.236 e. The monoisotopic (exact) mass is 424 g/mol. The van der Waals surface area contributed by atoms with Crippen molar-refractivity contribution in [3.8, 4) is 5.82 Å². The lowest BCUT2D eigenvalue weighted by molar-refractivity contribution is 0.388. The number of hydrogen-bond acceptors (Lipinski definition) is 6. The summed E-state index contributed by atoms with van der Waals surface area (Å²) in [6.07, 6.45) is 5.20. The van der Waals surface area contributed by atoms with Crippen molar-refractivity contribution >= 4 is 21.9 Å². The number of benzene rings is 1. The summed E-state index contributed by atoms with van der Waals surface area (Å²) >= 11 is 0. The van der Waals surface area contributed by atoms with Crippen molar-refractivity contribution in [1.82, 2.24) is 24.1 Å². The van der Waals surface area contributed by atoms with Gasteiger partial charge in [-0.3, -0.25) is 4.57 Å². The summed E-state index contributed by atoms with van der Waals surface area (Å²) < 4.78 is 28.7. The van der Waals surface area contributed by atoms with E-state index in [1.54, 1.807) is 12.3 Å². The molecule has 3 aromatic rings. The number of sulfonamides is 1. The molecule has 8 nitrogen and oxygen atoms in total. The smallest absolute Gasteiger partial charge is 0.236 e. The molecule has 3 heterocycles. The van der Waals surface area contributed by atoms with Crippen molar-refractivity contribution in [3.05, 3.63) is 71.2 Å². The van der Waals surface area contributed by atoms with E-state index in [1.165, 1.54) is 9.71 Å². The first-order valence-electron chi connectivity index (χ1n) is 9.76. The molecule has 0 aliphatic carbocycles. The van der Waals surface area contributed by atoms with Crippen molar-refractivity contribution in [2.45, 2.75) is 13.8 Å². The zero-order chi connectivity index (χ0) is 21.1. The van der Waals surface area contributed by atoms with Gasteiger partial charge in [0, 0.05) is 44.0 Å². The van der Waals surface area contributed by atoms with Gasteiger partial charge >= 0.3 is 0 Å². The van der Waals surface area contributed by atoms with Crippen LogP contribution < -0.4 is 4.90 Å². The lowest BCUT2D eigenvalue weighted by Crippen LogP contribution is -2.48. The number of nitrogens with zero attached hydrogens (tertiary/aromatic N) is 6. The third-order valence-corrected chi connectivity index (χ3v) is 6.71. The number of aryl methyl sites for hydroxylation is 2. The minimum atomic E-state index is -3.46. The van der Waals surface area contributed by atoms with Gasteiger partial charge in [-0.05, 0) is 37.6 Å². The number of piperazine rings is 1. The third-order valence-electron chi connectivity index (χ3n) is 5.14. The Morgan fingerprint density at radius 1 is 0.900 bits per heavy atom. The molecule has 0 N–H and O–H groups in total. The molecule has 1 aliphatic rings. The van der Waals surface area contributed by atoms with Crippen LogP contribution in [0.3, 0.4) is 0 Å². The lowest BCUT2D eigenvalue weighted by atomic mass is 10.2. The van der Waals surface area contributed by atoms with Crippen molar-refractivity contribution < 1.29 is 8.42 Å². The minimum absolute atomic E-state index is 0.407. The molecule has 30 heavy (non-hydrogen) atoms. The van der Waals surface area contributed by atoms with Gasteiger partial charge in [-0.15, -0.1) is 10.2 Å². The number of hydrogen-bond donors (Lipinski definition) is 0. The van der Waals surface area contributed by atoms with E-state index in [2.05, 4.69) is 15.2 Å². The highest BCUT2D eigenvalue weighted by Crippen LogP contribution is 2.17. The first-order chi connectivity index (χ1) is 14.4. The van der Waals surface area contributed by atoms with Crippen LogP contribution in [0.15, 0.2) is 54.2 Å².